The van der Waals surface area contributed by atoms with E-state index in [0.29, 0.717) is 12.2 Å². The number of hydrogen-bond donors (Lipinski definition) is 1. The fraction of sp³-hybridized carbons (Fsp3) is 0.526. The van der Waals surface area contributed by atoms with Crippen molar-refractivity contribution in [3.8, 4) is 0 Å². The van der Waals surface area contributed by atoms with Crippen molar-refractivity contribution in [1.82, 2.24) is 20.1 Å². The maximum atomic E-state index is 11.9. The summed E-state index contributed by atoms with van der Waals surface area (Å²) >= 11 is 0. The number of nitrogens with one attached hydrogen (secondary N) is 1. The zero-order valence-electron chi connectivity index (χ0n) is 15.9. The summed E-state index contributed by atoms with van der Waals surface area (Å²) in [5.41, 5.74) is 0.772. The van der Waals surface area contributed by atoms with Gasteiger partial charge < -0.3 is 14.8 Å². The molecule has 2 aromatic rings. The molecule has 2 aliphatic rings. The Balaban J connectivity index is 1.75. The molecule has 9 heteroatoms. The van der Waals surface area contributed by atoms with Crippen LogP contribution in [-0.2, 0) is 13.0 Å². The van der Waals surface area contributed by atoms with Crippen LogP contribution in [0.3, 0.4) is 0 Å². The Hall–Kier alpha value is -2.97. The van der Waals surface area contributed by atoms with Gasteiger partial charge in [-0.3, -0.25) is 14.9 Å². The van der Waals surface area contributed by atoms with Gasteiger partial charge in [-0.15, -0.1) is 10.2 Å². The van der Waals surface area contributed by atoms with Gasteiger partial charge in [-0.05, 0) is 44.2 Å². The molecule has 28 heavy (non-hydrogen) atoms. The summed E-state index contributed by atoms with van der Waals surface area (Å²) in [7, 11) is 1.51. The third-order valence-electron chi connectivity index (χ3n) is 5.66. The minimum absolute atomic E-state index is 0.0438. The number of nitro benzene ring substituents is 1. The smallest absolute Gasteiger partial charge is 0.293 e. The van der Waals surface area contributed by atoms with Gasteiger partial charge in [-0.1, -0.05) is 0 Å². The molecule has 1 aromatic carbocycles. The average Bonchev–Trinajstić information content (AvgIpc) is 3.16. The maximum absolute atomic E-state index is 11.9. The number of amides is 1. The van der Waals surface area contributed by atoms with Crippen LogP contribution in [0.15, 0.2) is 18.2 Å². The molecule has 1 atom stereocenters. The second-order valence-electron chi connectivity index (χ2n) is 7.33. The first-order chi connectivity index (χ1) is 13.6. The molecule has 1 aromatic heterocycles. The van der Waals surface area contributed by atoms with Gasteiger partial charge in [0.05, 0.1) is 11.0 Å². The summed E-state index contributed by atoms with van der Waals surface area (Å²) in [6, 6.07) is 4.65. The van der Waals surface area contributed by atoms with Crippen LogP contribution in [0.25, 0.3) is 0 Å². The molecule has 148 valence electrons. The standard InChI is InChI=1S/C19H24N6O3/c1-20-19(26)13-8-9-14(16(12-13)25(27)28)23-10-4-2-6-15(23)18-22-21-17-7-3-5-11-24(17)18/h8-9,12,15H,2-7,10-11H2,1H3,(H,20,26). The van der Waals surface area contributed by atoms with E-state index in [9.17, 15) is 14.9 Å². The molecular formula is C19H24N6O3. The number of nitro groups is 1. The lowest BCUT2D eigenvalue weighted by molar-refractivity contribution is -0.384. The topological polar surface area (TPSA) is 106 Å². The molecule has 0 bridgehead atoms. The first-order valence-corrected chi connectivity index (χ1v) is 9.79. The number of aryl methyl sites for hydroxylation is 1. The Labute approximate surface area is 162 Å². The van der Waals surface area contributed by atoms with Crippen molar-refractivity contribution >= 4 is 17.3 Å². The molecule has 2 aliphatic heterocycles. The van der Waals surface area contributed by atoms with Crippen LogP contribution in [-0.4, -0.2) is 39.2 Å². The quantitative estimate of drug-likeness (QED) is 0.641. The number of anilines is 1. The van der Waals surface area contributed by atoms with Crippen LogP contribution in [0.1, 0.15) is 60.2 Å². The van der Waals surface area contributed by atoms with Crippen molar-refractivity contribution in [2.45, 2.75) is 51.1 Å². The molecule has 1 amide bonds. The Morgan fingerprint density at radius 1 is 1.21 bits per heavy atom. The van der Waals surface area contributed by atoms with Gasteiger partial charge in [0, 0.05) is 38.2 Å². The fourth-order valence-corrected chi connectivity index (χ4v) is 4.26. The van der Waals surface area contributed by atoms with E-state index in [2.05, 4.69) is 25.0 Å². The second-order valence-corrected chi connectivity index (χ2v) is 7.33. The number of piperidine rings is 1. The summed E-state index contributed by atoms with van der Waals surface area (Å²) in [6.45, 7) is 1.62. The minimum atomic E-state index is -0.410. The van der Waals surface area contributed by atoms with E-state index in [1.165, 1.54) is 13.1 Å². The van der Waals surface area contributed by atoms with Crippen LogP contribution in [0.5, 0.6) is 0 Å². The monoisotopic (exact) mass is 384 g/mol. The molecule has 4 rings (SSSR count). The lowest BCUT2D eigenvalue weighted by Gasteiger charge is -2.37. The van der Waals surface area contributed by atoms with Crippen molar-refractivity contribution in [3.63, 3.8) is 0 Å². The fourth-order valence-electron chi connectivity index (χ4n) is 4.26. The van der Waals surface area contributed by atoms with Gasteiger partial charge in [-0.25, -0.2) is 0 Å². The number of aromatic nitrogens is 3. The third-order valence-corrected chi connectivity index (χ3v) is 5.66. The number of fused-ring (bicyclic) bond motifs is 1. The van der Waals surface area contributed by atoms with Gasteiger partial charge in [0.15, 0.2) is 5.82 Å². The Kier molecular flexibility index (Phi) is 4.97. The maximum Gasteiger partial charge on any atom is 0.293 e. The zero-order chi connectivity index (χ0) is 19.7. The van der Waals surface area contributed by atoms with Crippen LogP contribution >= 0.6 is 0 Å². The normalized spacial score (nSPS) is 19.2. The largest absolute Gasteiger partial charge is 0.356 e. The highest BCUT2D eigenvalue weighted by molar-refractivity contribution is 5.95. The highest BCUT2D eigenvalue weighted by Gasteiger charge is 2.33. The highest BCUT2D eigenvalue weighted by Crippen LogP contribution is 2.39. The second kappa shape index (κ2) is 7.57. The van der Waals surface area contributed by atoms with Gasteiger partial charge in [0.1, 0.15) is 11.5 Å². The number of benzene rings is 1. The number of carbonyl (C=O) groups is 1. The number of hydrogen-bond acceptors (Lipinski definition) is 6. The van der Waals surface area contributed by atoms with E-state index >= 15 is 0 Å². The number of nitrogens with zero attached hydrogens (tertiary/aromatic N) is 5. The first kappa shape index (κ1) is 18.4. The summed E-state index contributed by atoms with van der Waals surface area (Å²) < 4.78 is 2.19. The molecule has 0 saturated carbocycles. The predicted octanol–water partition coefficient (Wildman–Crippen LogP) is 2.61. The molecule has 1 saturated heterocycles. The van der Waals surface area contributed by atoms with Crippen LogP contribution in [0, 0.1) is 10.1 Å². The molecule has 1 N–H and O–H groups in total. The molecule has 0 spiro atoms. The van der Waals surface area contributed by atoms with E-state index in [4.69, 9.17) is 0 Å². The van der Waals surface area contributed by atoms with E-state index in [1.54, 1.807) is 12.1 Å². The van der Waals surface area contributed by atoms with Crippen molar-refractivity contribution < 1.29 is 9.72 Å². The van der Waals surface area contributed by atoms with E-state index in [-0.39, 0.29) is 23.2 Å². The first-order valence-electron chi connectivity index (χ1n) is 9.79. The van der Waals surface area contributed by atoms with Gasteiger partial charge in [-0.2, -0.15) is 0 Å². The molecule has 9 nitrogen and oxygen atoms in total. The van der Waals surface area contributed by atoms with Crippen molar-refractivity contribution in [1.29, 1.82) is 0 Å². The SMILES string of the molecule is CNC(=O)c1ccc(N2CCCCC2c2nnc3n2CCCC3)c([N+](=O)[O-])c1. The van der Waals surface area contributed by atoms with Gasteiger partial charge >= 0.3 is 0 Å². The molecule has 1 unspecified atom stereocenters. The Bertz CT molecular complexity index is 909. The van der Waals surface area contributed by atoms with Gasteiger partial charge in [0.25, 0.3) is 11.6 Å². The average molecular weight is 384 g/mol. The Morgan fingerprint density at radius 2 is 2.04 bits per heavy atom. The van der Waals surface area contributed by atoms with E-state index in [1.807, 2.05) is 0 Å². The minimum Gasteiger partial charge on any atom is -0.356 e. The van der Waals surface area contributed by atoms with Crippen LogP contribution < -0.4 is 10.2 Å². The number of rotatable bonds is 4. The molecule has 0 aliphatic carbocycles. The predicted molar refractivity (Wildman–Crippen MR) is 103 cm³/mol. The van der Waals surface area contributed by atoms with Gasteiger partial charge in [0.2, 0.25) is 0 Å². The van der Waals surface area contributed by atoms with Crippen molar-refractivity contribution in [3.05, 3.63) is 45.5 Å². The summed E-state index contributed by atoms with van der Waals surface area (Å²) in [4.78, 5) is 25.3. The van der Waals surface area contributed by atoms with Crippen LogP contribution in [0.4, 0.5) is 11.4 Å². The third kappa shape index (κ3) is 3.21. The summed E-state index contributed by atoms with van der Waals surface area (Å²) in [5.74, 6) is 1.58. The molecule has 1 fully saturated rings. The van der Waals surface area contributed by atoms with Crippen molar-refractivity contribution in [2.24, 2.45) is 0 Å². The number of carbonyl (C=O) groups excluding carboxylic acids is 1. The Morgan fingerprint density at radius 3 is 2.82 bits per heavy atom. The van der Waals surface area contributed by atoms with E-state index < -0.39 is 4.92 Å². The molecular weight excluding hydrogens is 360 g/mol. The molecule has 3 heterocycles. The highest BCUT2D eigenvalue weighted by atomic mass is 16.6. The zero-order valence-corrected chi connectivity index (χ0v) is 15.9. The lowest BCUT2D eigenvalue weighted by atomic mass is 9.99. The summed E-state index contributed by atoms with van der Waals surface area (Å²) in [5, 5.41) is 23.1. The summed E-state index contributed by atoms with van der Waals surface area (Å²) in [6.07, 6.45) is 6.05. The lowest BCUT2D eigenvalue weighted by Crippen LogP contribution is -2.36. The van der Waals surface area contributed by atoms with Crippen LogP contribution in [0.2, 0.25) is 0 Å². The van der Waals surface area contributed by atoms with Crippen molar-refractivity contribution in [2.75, 3.05) is 18.5 Å². The van der Waals surface area contributed by atoms with E-state index in [0.717, 1.165) is 56.7 Å². The molecule has 0 radical (unpaired) electrons.